The van der Waals surface area contributed by atoms with Crippen molar-refractivity contribution in [2.45, 2.75) is 4.90 Å². The van der Waals surface area contributed by atoms with Crippen LogP contribution in [-0.4, -0.2) is 15.5 Å². The molecular formula is C13H12Cl2N2O3S. The largest absolute Gasteiger partial charge is 0.495 e. The summed E-state index contributed by atoms with van der Waals surface area (Å²) in [5.74, 6) is 0.149. The Morgan fingerprint density at radius 2 is 1.71 bits per heavy atom. The lowest BCUT2D eigenvalue weighted by atomic mass is 10.3. The Labute approximate surface area is 132 Å². The lowest BCUT2D eigenvalue weighted by Crippen LogP contribution is -2.14. The van der Waals surface area contributed by atoms with Crippen molar-refractivity contribution in [3.8, 4) is 5.75 Å². The Hall–Kier alpha value is -1.63. The van der Waals surface area contributed by atoms with Crippen molar-refractivity contribution in [3.63, 3.8) is 0 Å². The number of methoxy groups -OCH3 is 1. The van der Waals surface area contributed by atoms with Crippen molar-refractivity contribution in [3.05, 3.63) is 46.4 Å². The second kappa shape index (κ2) is 6.01. The first-order valence-electron chi connectivity index (χ1n) is 5.74. The molecule has 0 heterocycles. The van der Waals surface area contributed by atoms with Crippen molar-refractivity contribution in [1.29, 1.82) is 0 Å². The van der Waals surface area contributed by atoms with Crippen LogP contribution in [0.1, 0.15) is 0 Å². The minimum Gasteiger partial charge on any atom is -0.495 e. The van der Waals surface area contributed by atoms with Gasteiger partial charge in [0, 0.05) is 21.8 Å². The Morgan fingerprint density at radius 1 is 1.10 bits per heavy atom. The molecule has 0 unspecified atom stereocenters. The minimum absolute atomic E-state index is 0.0321. The van der Waals surface area contributed by atoms with Gasteiger partial charge in [-0.3, -0.25) is 4.72 Å². The summed E-state index contributed by atoms with van der Waals surface area (Å²) in [5.41, 5.74) is 6.26. The third-order valence-corrected chi connectivity index (χ3v) is 4.45. The van der Waals surface area contributed by atoms with Crippen LogP contribution in [0.25, 0.3) is 0 Å². The van der Waals surface area contributed by atoms with Gasteiger partial charge in [-0.15, -0.1) is 0 Å². The van der Waals surface area contributed by atoms with E-state index in [1.165, 1.54) is 43.5 Å². The molecule has 21 heavy (non-hydrogen) atoms. The van der Waals surface area contributed by atoms with Crippen LogP contribution in [0.4, 0.5) is 11.4 Å². The molecule has 3 N–H and O–H groups in total. The molecular weight excluding hydrogens is 335 g/mol. The molecule has 8 heteroatoms. The van der Waals surface area contributed by atoms with E-state index in [2.05, 4.69) is 4.72 Å². The summed E-state index contributed by atoms with van der Waals surface area (Å²) < 4.78 is 32.2. The summed E-state index contributed by atoms with van der Waals surface area (Å²) >= 11 is 11.7. The lowest BCUT2D eigenvalue weighted by Gasteiger charge is -2.12. The molecule has 112 valence electrons. The van der Waals surface area contributed by atoms with Crippen molar-refractivity contribution >= 4 is 44.6 Å². The quantitative estimate of drug-likeness (QED) is 0.831. The first-order chi connectivity index (χ1) is 9.81. The van der Waals surface area contributed by atoms with Gasteiger partial charge in [-0.05, 0) is 30.3 Å². The van der Waals surface area contributed by atoms with Crippen molar-refractivity contribution in [2.24, 2.45) is 0 Å². The van der Waals surface area contributed by atoms with Gasteiger partial charge in [0.1, 0.15) is 10.6 Å². The van der Waals surface area contributed by atoms with E-state index in [1.807, 2.05) is 0 Å². The second-order valence-corrected chi connectivity index (χ2v) is 6.70. The maximum Gasteiger partial charge on any atom is 0.265 e. The van der Waals surface area contributed by atoms with Gasteiger partial charge in [0.2, 0.25) is 0 Å². The SMILES string of the molecule is COc1cc(N)ccc1S(=O)(=O)Nc1cc(Cl)cc(Cl)c1. The number of sulfonamides is 1. The number of benzene rings is 2. The van der Waals surface area contributed by atoms with Crippen LogP contribution >= 0.6 is 23.2 Å². The maximum absolute atomic E-state index is 12.4. The standard InChI is InChI=1S/C13H12Cl2N2O3S/c1-20-12-7-10(16)2-3-13(12)21(18,19)17-11-5-8(14)4-9(15)6-11/h2-7,17H,16H2,1H3. The number of nitrogens with two attached hydrogens (primary N) is 1. The topological polar surface area (TPSA) is 81.4 Å². The molecule has 0 aliphatic carbocycles. The van der Waals surface area contributed by atoms with E-state index in [9.17, 15) is 8.42 Å². The highest BCUT2D eigenvalue weighted by Gasteiger charge is 2.20. The molecule has 0 atom stereocenters. The number of nitrogen functional groups attached to an aromatic ring is 1. The highest BCUT2D eigenvalue weighted by atomic mass is 35.5. The monoisotopic (exact) mass is 346 g/mol. The molecule has 0 spiro atoms. The van der Waals surface area contributed by atoms with E-state index in [-0.39, 0.29) is 16.3 Å². The molecule has 0 saturated heterocycles. The fourth-order valence-corrected chi connectivity index (χ4v) is 3.45. The van der Waals surface area contributed by atoms with Gasteiger partial charge in [-0.2, -0.15) is 0 Å². The number of hydrogen-bond acceptors (Lipinski definition) is 4. The predicted molar refractivity (Wildman–Crippen MR) is 84.7 cm³/mol. The van der Waals surface area contributed by atoms with Gasteiger partial charge in [0.05, 0.1) is 12.8 Å². The molecule has 0 aliphatic heterocycles. The molecule has 0 radical (unpaired) electrons. The number of rotatable bonds is 4. The average molecular weight is 347 g/mol. The highest BCUT2D eigenvalue weighted by Crippen LogP contribution is 2.29. The number of halogens is 2. The lowest BCUT2D eigenvalue weighted by molar-refractivity contribution is 0.403. The normalized spacial score (nSPS) is 11.2. The van der Waals surface area contributed by atoms with Crippen molar-refractivity contribution in [2.75, 3.05) is 17.6 Å². The van der Waals surface area contributed by atoms with E-state index in [0.717, 1.165) is 0 Å². The average Bonchev–Trinajstić information content (AvgIpc) is 2.36. The van der Waals surface area contributed by atoms with Crippen molar-refractivity contribution < 1.29 is 13.2 Å². The molecule has 0 aliphatic rings. The summed E-state index contributed by atoms with van der Waals surface area (Å²) in [6.45, 7) is 0. The third kappa shape index (κ3) is 3.72. The van der Waals surface area contributed by atoms with Gasteiger partial charge >= 0.3 is 0 Å². The minimum atomic E-state index is -3.85. The van der Waals surface area contributed by atoms with Gasteiger partial charge in [0.25, 0.3) is 10.0 Å². The molecule has 0 aromatic heterocycles. The predicted octanol–water partition coefficient (Wildman–Crippen LogP) is 3.39. The fourth-order valence-electron chi connectivity index (χ4n) is 1.73. The molecule has 2 rings (SSSR count). The van der Waals surface area contributed by atoms with Crippen LogP contribution in [0, 0.1) is 0 Å². The molecule has 2 aromatic rings. The second-order valence-electron chi connectivity index (χ2n) is 4.17. The van der Waals surface area contributed by atoms with Crippen LogP contribution in [0.5, 0.6) is 5.75 Å². The molecule has 5 nitrogen and oxygen atoms in total. The Balaban J connectivity index is 2.43. The van der Waals surface area contributed by atoms with E-state index in [0.29, 0.717) is 15.7 Å². The van der Waals surface area contributed by atoms with Gasteiger partial charge in [0.15, 0.2) is 0 Å². The number of anilines is 2. The van der Waals surface area contributed by atoms with Gasteiger partial charge in [-0.25, -0.2) is 8.42 Å². The zero-order valence-corrected chi connectivity index (χ0v) is 13.3. The molecule has 0 saturated carbocycles. The molecule has 0 fully saturated rings. The zero-order valence-electron chi connectivity index (χ0n) is 10.9. The zero-order chi connectivity index (χ0) is 15.6. The summed E-state index contributed by atoms with van der Waals surface area (Å²) in [5, 5.41) is 0.647. The number of nitrogens with one attached hydrogen (secondary N) is 1. The van der Waals surface area contributed by atoms with Crippen LogP contribution in [0.3, 0.4) is 0 Å². The number of hydrogen-bond donors (Lipinski definition) is 2. The van der Waals surface area contributed by atoms with E-state index >= 15 is 0 Å². The molecule has 2 aromatic carbocycles. The smallest absolute Gasteiger partial charge is 0.265 e. The van der Waals surface area contributed by atoms with Crippen LogP contribution in [-0.2, 0) is 10.0 Å². The summed E-state index contributed by atoms with van der Waals surface area (Å²) in [6.07, 6.45) is 0. The first kappa shape index (κ1) is 15.8. The van der Waals surface area contributed by atoms with Gasteiger partial charge in [-0.1, -0.05) is 23.2 Å². The Kier molecular flexibility index (Phi) is 4.51. The van der Waals surface area contributed by atoms with Crippen molar-refractivity contribution in [1.82, 2.24) is 0 Å². The van der Waals surface area contributed by atoms with E-state index in [4.69, 9.17) is 33.7 Å². The summed E-state index contributed by atoms with van der Waals surface area (Å²) in [7, 11) is -2.49. The fraction of sp³-hybridized carbons (Fsp3) is 0.0769. The van der Waals surface area contributed by atoms with Crippen LogP contribution in [0.2, 0.25) is 10.0 Å². The third-order valence-electron chi connectivity index (χ3n) is 2.59. The molecule has 0 amide bonds. The van der Waals surface area contributed by atoms with Crippen LogP contribution in [0.15, 0.2) is 41.3 Å². The summed E-state index contributed by atoms with van der Waals surface area (Å²) in [4.78, 5) is -0.0321. The van der Waals surface area contributed by atoms with E-state index < -0.39 is 10.0 Å². The molecule has 0 bridgehead atoms. The van der Waals surface area contributed by atoms with Crippen LogP contribution < -0.4 is 15.2 Å². The van der Waals surface area contributed by atoms with E-state index in [1.54, 1.807) is 0 Å². The Morgan fingerprint density at radius 3 is 2.29 bits per heavy atom. The van der Waals surface area contributed by atoms with Gasteiger partial charge < -0.3 is 10.5 Å². The highest BCUT2D eigenvalue weighted by molar-refractivity contribution is 7.92. The Bertz CT molecular complexity index is 759. The maximum atomic E-state index is 12.4. The number of ether oxygens (including phenoxy) is 1. The first-order valence-corrected chi connectivity index (χ1v) is 7.98. The summed E-state index contributed by atoms with van der Waals surface area (Å²) in [6, 6.07) is 8.68.